The summed E-state index contributed by atoms with van der Waals surface area (Å²) in [5.74, 6) is -2.85. The summed E-state index contributed by atoms with van der Waals surface area (Å²) in [5, 5.41) is 13.0. The minimum atomic E-state index is -4.91. The van der Waals surface area contributed by atoms with E-state index < -0.39 is 49.1 Å². The van der Waals surface area contributed by atoms with E-state index in [1.807, 2.05) is 48.5 Å². The predicted octanol–water partition coefficient (Wildman–Crippen LogP) is 4.46. The maximum absolute atomic E-state index is 13.5. The van der Waals surface area contributed by atoms with Gasteiger partial charge in [0.15, 0.2) is 0 Å². The van der Waals surface area contributed by atoms with Gasteiger partial charge >= 0.3 is 18.2 Å². The lowest BCUT2D eigenvalue weighted by molar-refractivity contribution is -0.160. The van der Waals surface area contributed by atoms with E-state index in [0.717, 1.165) is 22.3 Å². The molecular weight excluding hydrogens is 465 g/mol. The molecule has 10 heteroatoms. The van der Waals surface area contributed by atoms with E-state index >= 15 is 0 Å². The first-order chi connectivity index (χ1) is 16.5. The molecule has 0 saturated heterocycles. The Morgan fingerprint density at radius 3 is 1.97 bits per heavy atom. The Morgan fingerprint density at radius 1 is 0.943 bits per heavy atom. The van der Waals surface area contributed by atoms with E-state index in [0.29, 0.717) is 0 Å². The SMILES string of the molecule is CC(C)[C@H](CC(=O)O)NC(=O)CC(NC(=O)OCC1c2ccccc2-c2ccccc21)C(F)(F)F. The van der Waals surface area contributed by atoms with Gasteiger partial charge in [0, 0.05) is 12.0 Å². The molecule has 3 rings (SSSR count). The van der Waals surface area contributed by atoms with Crippen LogP contribution in [0.4, 0.5) is 18.0 Å². The molecule has 0 saturated carbocycles. The fourth-order valence-electron chi connectivity index (χ4n) is 4.12. The van der Waals surface area contributed by atoms with E-state index in [9.17, 15) is 27.6 Å². The van der Waals surface area contributed by atoms with Crippen molar-refractivity contribution >= 4 is 18.0 Å². The monoisotopic (exact) mass is 492 g/mol. The quantitative estimate of drug-likeness (QED) is 0.479. The first-order valence-corrected chi connectivity index (χ1v) is 11.2. The Bertz CT molecular complexity index is 1040. The number of alkyl carbamates (subject to hydrolysis) is 1. The molecule has 2 aromatic carbocycles. The first kappa shape index (κ1) is 26.1. The van der Waals surface area contributed by atoms with Gasteiger partial charge in [-0.3, -0.25) is 9.59 Å². The summed E-state index contributed by atoms with van der Waals surface area (Å²) in [4.78, 5) is 35.5. The number of aliphatic carboxylic acids is 1. The number of carboxylic acid groups (broad SMARTS) is 1. The van der Waals surface area contributed by atoms with Gasteiger partial charge in [-0.05, 0) is 28.2 Å². The molecule has 0 fully saturated rings. The van der Waals surface area contributed by atoms with Crippen LogP contribution in [0.2, 0.25) is 0 Å². The summed E-state index contributed by atoms with van der Waals surface area (Å²) < 4.78 is 45.8. The third kappa shape index (κ3) is 6.52. The molecule has 2 atom stereocenters. The number of rotatable bonds is 9. The van der Waals surface area contributed by atoms with Gasteiger partial charge < -0.3 is 20.5 Å². The van der Waals surface area contributed by atoms with Crippen molar-refractivity contribution in [1.82, 2.24) is 10.6 Å². The van der Waals surface area contributed by atoms with Gasteiger partial charge in [-0.1, -0.05) is 62.4 Å². The summed E-state index contributed by atoms with van der Waals surface area (Å²) in [5.41, 5.74) is 3.77. The number of nitrogens with one attached hydrogen (secondary N) is 2. The fourth-order valence-corrected chi connectivity index (χ4v) is 4.12. The van der Waals surface area contributed by atoms with Crippen LogP contribution in [0.1, 0.15) is 43.7 Å². The van der Waals surface area contributed by atoms with Gasteiger partial charge in [0.1, 0.15) is 12.6 Å². The molecule has 7 nitrogen and oxygen atoms in total. The minimum Gasteiger partial charge on any atom is -0.481 e. The average molecular weight is 492 g/mol. The van der Waals surface area contributed by atoms with E-state index in [4.69, 9.17) is 9.84 Å². The molecule has 0 radical (unpaired) electrons. The summed E-state index contributed by atoms with van der Waals surface area (Å²) in [6, 6.07) is 11.7. The summed E-state index contributed by atoms with van der Waals surface area (Å²) in [7, 11) is 0. The number of fused-ring (bicyclic) bond motifs is 3. The summed E-state index contributed by atoms with van der Waals surface area (Å²) in [6.07, 6.45) is -7.74. The van der Waals surface area contributed by atoms with Crippen molar-refractivity contribution in [3.8, 4) is 11.1 Å². The second kappa shape index (κ2) is 10.8. The van der Waals surface area contributed by atoms with E-state index in [1.165, 1.54) is 0 Å². The highest BCUT2D eigenvalue weighted by Crippen LogP contribution is 2.44. The Morgan fingerprint density at radius 2 is 1.49 bits per heavy atom. The molecule has 1 aliphatic carbocycles. The number of carbonyl (C=O) groups is 3. The van der Waals surface area contributed by atoms with Crippen LogP contribution in [0.5, 0.6) is 0 Å². The van der Waals surface area contributed by atoms with Crippen LogP contribution < -0.4 is 10.6 Å². The van der Waals surface area contributed by atoms with Crippen LogP contribution >= 0.6 is 0 Å². The van der Waals surface area contributed by atoms with Crippen LogP contribution in [0.3, 0.4) is 0 Å². The van der Waals surface area contributed by atoms with Crippen LogP contribution in [0, 0.1) is 5.92 Å². The number of alkyl halides is 3. The number of ether oxygens (including phenoxy) is 1. The molecule has 0 aromatic heterocycles. The Labute approximate surface area is 200 Å². The van der Waals surface area contributed by atoms with Crippen molar-refractivity contribution in [3.63, 3.8) is 0 Å². The topological polar surface area (TPSA) is 105 Å². The second-order valence-corrected chi connectivity index (χ2v) is 8.78. The average Bonchev–Trinajstić information content (AvgIpc) is 3.09. The highest BCUT2D eigenvalue weighted by molar-refractivity contribution is 5.80. The van der Waals surface area contributed by atoms with Crippen LogP contribution in [-0.2, 0) is 14.3 Å². The zero-order chi connectivity index (χ0) is 25.8. The molecular formula is C25H27F3N2O5. The van der Waals surface area contributed by atoms with Crippen molar-refractivity contribution in [2.75, 3.05) is 6.61 Å². The molecule has 3 N–H and O–H groups in total. The van der Waals surface area contributed by atoms with E-state index in [2.05, 4.69) is 5.32 Å². The number of hydrogen-bond acceptors (Lipinski definition) is 4. The molecule has 0 aliphatic heterocycles. The van der Waals surface area contributed by atoms with Crippen LogP contribution in [-0.4, -0.2) is 47.9 Å². The van der Waals surface area contributed by atoms with Gasteiger partial charge in [-0.15, -0.1) is 0 Å². The normalized spacial score (nSPS) is 14.6. The number of carbonyl (C=O) groups excluding carboxylic acids is 2. The minimum absolute atomic E-state index is 0.176. The maximum atomic E-state index is 13.5. The highest BCUT2D eigenvalue weighted by atomic mass is 19.4. The van der Waals surface area contributed by atoms with Gasteiger partial charge in [-0.25, -0.2) is 4.79 Å². The van der Waals surface area contributed by atoms with Crippen molar-refractivity contribution in [3.05, 3.63) is 59.7 Å². The van der Waals surface area contributed by atoms with Gasteiger partial charge in [0.2, 0.25) is 5.91 Å². The number of carboxylic acids is 1. The molecule has 0 spiro atoms. The molecule has 0 heterocycles. The zero-order valence-electron chi connectivity index (χ0n) is 19.3. The summed E-state index contributed by atoms with van der Waals surface area (Å²) >= 11 is 0. The van der Waals surface area contributed by atoms with E-state index in [1.54, 1.807) is 19.2 Å². The second-order valence-electron chi connectivity index (χ2n) is 8.78. The molecule has 35 heavy (non-hydrogen) atoms. The first-order valence-electron chi connectivity index (χ1n) is 11.2. The number of benzene rings is 2. The van der Waals surface area contributed by atoms with Crippen molar-refractivity contribution in [2.24, 2.45) is 5.92 Å². The number of amides is 2. The zero-order valence-corrected chi connectivity index (χ0v) is 19.3. The molecule has 188 valence electrons. The van der Waals surface area contributed by atoms with Gasteiger partial charge in [0.05, 0.1) is 12.8 Å². The third-order valence-corrected chi connectivity index (χ3v) is 5.97. The number of halogens is 3. The van der Waals surface area contributed by atoms with Crippen LogP contribution in [0.15, 0.2) is 48.5 Å². The highest BCUT2D eigenvalue weighted by Gasteiger charge is 2.43. The molecule has 1 unspecified atom stereocenters. The summed E-state index contributed by atoms with van der Waals surface area (Å²) in [6.45, 7) is 3.11. The Balaban J connectivity index is 1.64. The van der Waals surface area contributed by atoms with Gasteiger partial charge in [-0.2, -0.15) is 13.2 Å². The fraction of sp³-hybridized carbons (Fsp3) is 0.400. The molecule has 2 aromatic rings. The number of hydrogen-bond donors (Lipinski definition) is 3. The lowest BCUT2D eigenvalue weighted by Gasteiger charge is -2.24. The van der Waals surface area contributed by atoms with Crippen molar-refractivity contribution < 1.29 is 37.4 Å². The Hall–Kier alpha value is -3.56. The maximum Gasteiger partial charge on any atom is 0.409 e. The lowest BCUT2D eigenvalue weighted by Crippen LogP contribution is -2.50. The predicted molar refractivity (Wildman–Crippen MR) is 122 cm³/mol. The Kier molecular flexibility index (Phi) is 8.03. The van der Waals surface area contributed by atoms with Crippen molar-refractivity contribution in [1.29, 1.82) is 0 Å². The van der Waals surface area contributed by atoms with Gasteiger partial charge in [0.25, 0.3) is 0 Å². The largest absolute Gasteiger partial charge is 0.481 e. The third-order valence-electron chi connectivity index (χ3n) is 5.97. The van der Waals surface area contributed by atoms with E-state index in [-0.39, 0.29) is 18.4 Å². The smallest absolute Gasteiger partial charge is 0.409 e. The molecule has 2 amide bonds. The van der Waals surface area contributed by atoms with Crippen molar-refractivity contribution in [2.45, 2.75) is 50.9 Å². The van der Waals surface area contributed by atoms with Crippen LogP contribution in [0.25, 0.3) is 11.1 Å². The molecule has 0 bridgehead atoms. The molecule has 1 aliphatic rings. The standard InChI is InChI=1S/C25H27F3N2O5/c1-14(2)20(11-23(32)33)29-22(31)12-21(25(26,27)28)30-24(34)35-13-19-17-9-5-3-7-15(17)16-8-4-6-10-18(16)19/h3-10,14,19-21H,11-13H2,1-2H3,(H,29,31)(H,30,34)(H,32,33)/t20-,21?/m0/s1. The lowest BCUT2D eigenvalue weighted by atomic mass is 9.98.